The first-order chi connectivity index (χ1) is 8.60. The molecule has 0 saturated carbocycles. The Kier molecular flexibility index (Phi) is 4.89. The van der Waals surface area contributed by atoms with E-state index >= 15 is 0 Å². The van der Waals surface area contributed by atoms with Crippen LogP contribution < -0.4 is 5.73 Å². The molecule has 0 aliphatic heterocycles. The third-order valence-electron chi connectivity index (χ3n) is 2.56. The largest absolute Gasteiger partial charge is 0.440 e. The first-order valence-electron chi connectivity index (χ1n) is 5.69. The molecule has 0 aliphatic carbocycles. The van der Waals surface area contributed by atoms with Crippen LogP contribution in [0.15, 0.2) is 31.8 Å². The molecular formula is C12H15BrN2OS2. The third kappa shape index (κ3) is 3.38. The number of rotatable bonds is 5. The molecule has 0 fully saturated rings. The lowest BCUT2D eigenvalue weighted by molar-refractivity contribution is 0.451. The highest BCUT2D eigenvalue weighted by Gasteiger charge is 2.23. The monoisotopic (exact) mass is 346 g/mol. The maximum atomic E-state index is 6.21. The van der Waals surface area contributed by atoms with E-state index < -0.39 is 0 Å². The summed E-state index contributed by atoms with van der Waals surface area (Å²) in [6.45, 7) is 4.02. The number of oxazole rings is 1. The van der Waals surface area contributed by atoms with Crippen LogP contribution in [0.3, 0.4) is 0 Å². The van der Waals surface area contributed by atoms with Gasteiger partial charge < -0.3 is 10.2 Å². The second-order valence-corrected chi connectivity index (χ2v) is 7.59. The lowest BCUT2D eigenvalue weighted by Gasteiger charge is -2.19. The number of nitrogens with two attached hydrogens (primary N) is 1. The van der Waals surface area contributed by atoms with Crippen molar-refractivity contribution in [2.75, 3.05) is 0 Å². The highest BCUT2D eigenvalue weighted by atomic mass is 79.9. The van der Waals surface area contributed by atoms with Crippen LogP contribution in [0.2, 0.25) is 0 Å². The van der Waals surface area contributed by atoms with E-state index in [9.17, 15) is 0 Å². The van der Waals surface area contributed by atoms with Gasteiger partial charge in [-0.1, -0.05) is 18.7 Å². The van der Waals surface area contributed by atoms with Gasteiger partial charge in [0.2, 0.25) is 0 Å². The highest BCUT2D eigenvalue weighted by Crippen LogP contribution is 2.41. The lowest BCUT2D eigenvalue weighted by atomic mass is 10.1. The third-order valence-corrected chi connectivity index (χ3v) is 5.66. The number of thiophene rings is 1. The van der Waals surface area contributed by atoms with Gasteiger partial charge in [-0.3, -0.25) is 0 Å². The van der Waals surface area contributed by atoms with Gasteiger partial charge in [-0.25, -0.2) is 4.98 Å². The minimum atomic E-state index is 0.0905. The van der Waals surface area contributed by atoms with Crippen LogP contribution in [0.1, 0.15) is 29.2 Å². The van der Waals surface area contributed by atoms with E-state index in [0.29, 0.717) is 5.22 Å². The lowest BCUT2D eigenvalue weighted by Crippen LogP contribution is -2.25. The summed E-state index contributed by atoms with van der Waals surface area (Å²) in [6, 6.07) is 4.25. The average Bonchev–Trinajstić information content (AvgIpc) is 2.94. The molecule has 98 valence electrons. The van der Waals surface area contributed by atoms with Crippen molar-refractivity contribution in [2.45, 2.75) is 36.8 Å². The topological polar surface area (TPSA) is 52.0 Å². The van der Waals surface area contributed by atoms with E-state index in [1.165, 1.54) is 4.88 Å². The van der Waals surface area contributed by atoms with Gasteiger partial charge in [0.15, 0.2) is 0 Å². The van der Waals surface area contributed by atoms with E-state index in [1.54, 1.807) is 29.4 Å². The van der Waals surface area contributed by atoms with Crippen molar-refractivity contribution >= 4 is 39.0 Å². The van der Waals surface area contributed by atoms with Crippen molar-refractivity contribution in [1.82, 2.24) is 4.98 Å². The quantitative estimate of drug-likeness (QED) is 0.816. The zero-order valence-corrected chi connectivity index (χ0v) is 13.4. The number of hydrogen-bond donors (Lipinski definition) is 1. The maximum absolute atomic E-state index is 6.21. The summed E-state index contributed by atoms with van der Waals surface area (Å²) in [6.07, 6.45) is 2.59. The van der Waals surface area contributed by atoms with Gasteiger partial charge in [0, 0.05) is 10.9 Å². The summed E-state index contributed by atoms with van der Waals surface area (Å²) in [7, 11) is 0. The standard InChI is InChI=1S/C12H15BrN2OS2/c1-3-8(14)11(9-4-5-10(13)17-9)18-12-15-7(2)6-16-12/h4-6,8,11H,3,14H2,1-2H3. The Balaban J connectivity index is 2.20. The minimum Gasteiger partial charge on any atom is -0.440 e. The van der Waals surface area contributed by atoms with Gasteiger partial charge in [0.1, 0.15) is 6.26 Å². The second-order valence-electron chi connectivity index (χ2n) is 4.01. The molecule has 0 spiro atoms. The summed E-state index contributed by atoms with van der Waals surface area (Å²) >= 11 is 6.80. The van der Waals surface area contributed by atoms with Crippen LogP contribution >= 0.6 is 39.0 Å². The fourth-order valence-corrected chi connectivity index (χ4v) is 4.40. The summed E-state index contributed by atoms with van der Waals surface area (Å²) in [5.74, 6) is 0. The Morgan fingerprint density at radius 3 is 2.83 bits per heavy atom. The molecular weight excluding hydrogens is 332 g/mol. The van der Waals surface area contributed by atoms with E-state index in [-0.39, 0.29) is 11.3 Å². The molecule has 0 radical (unpaired) electrons. The predicted molar refractivity (Wildman–Crippen MR) is 80.1 cm³/mol. The van der Waals surface area contributed by atoms with Gasteiger partial charge in [-0.2, -0.15) is 0 Å². The second kappa shape index (κ2) is 6.23. The van der Waals surface area contributed by atoms with Crippen molar-refractivity contribution < 1.29 is 4.42 Å². The van der Waals surface area contributed by atoms with Gasteiger partial charge in [0.25, 0.3) is 5.22 Å². The smallest absolute Gasteiger partial charge is 0.256 e. The molecule has 0 saturated heterocycles. The molecule has 2 rings (SSSR count). The molecule has 0 bridgehead atoms. The van der Waals surface area contributed by atoms with Crippen LogP contribution in [0, 0.1) is 6.92 Å². The number of aryl methyl sites for hydroxylation is 1. The Morgan fingerprint density at radius 1 is 1.56 bits per heavy atom. The Labute approximate surface area is 123 Å². The number of aromatic nitrogens is 1. The van der Waals surface area contributed by atoms with Gasteiger partial charge in [-0.05, 0) is 41.4 Å². The molecule has 0 aromatic carbocycles. The maximum Gasteiger partial charge on any atom is 0.256 e. The molecule has 2 atom stereocenters. The number of thioether (sulfide) groups is 1. The van der Waals surface area contributed by atoms with E-state index in [4.69, 9.17) is 10.2 Å². The Hall–Kier alpha value is -0.300. The van der Waals surface area contributed by atoms with Crippen molar-refractivity contribution in [1.29, 1.82) is 0 Å². The molecule has 6 heteroatoms. The van der Waals surface area contributed by atoms with E-state index in [0.717, 1.165) is 15.9 Å². The molecule has 2 N–H and O–H groups in total. The highest BCUT2D eigenvalue weighted by molar-refractivity contribution is 9.11. The van der Waals surface area contributed by atoms with Crippen LogP contribution in [0.5, 0.6) is 0 Å². The van der Waals surface area contributed by atoms with Crippen LogP contribution in [0.4, 0.5) is 0 Å². The SMILES string of the molecule is CCC(N)C(Sc1nc(C)co1)c1ccc(Br)s1. The minimum absolute atomic E-state index is 0.0905. The molecule has 2 aromatic rings. The van der Waals surface area contributed by atoms with Crippen molar-refractivity contribution in [3.63, 3.8) is 0 Å². The molecule has 0 amide bonds. The van der Waals surface area contributed by atoms with Gasteiger partial charge in [0.05, 0.1) is 14.7 Å². The molecule has 2 aromatic heterocycles. The zero-order valence-electron chi connectivity index (χ0n) is 10.2. The van der Waals surface area contributed by atoms with Crippen molar-refractivity contribution in [2.24, 2.45) is 5.73 Å². The van der Waals surface area contributed by atoms with Crippen molar-refractivity contribution in [3.05, 3.63) is 32.8 Å². The number of halogens is 1. The predicted octanol–water partition coefficient (Wildman–Crippen LogP) is 4.38. The van der Waals surface area contributed by atoms with Gasteiger partial charge >= 0.3 is 0 Å². The van der Waals surface area contributed by atoms with Crippen LogP contribution in [-0.2, 0) is 0 Å². The summed E-state index contributed by atoms with van der Waals surface area (Å²) in [5.41, 5.74) is 7.11. The molecule has 0 aliphatic rings. The molecule has 3 nitrogen and oxygen atoms in total. The van der Waals surface area contributed by atoms with E-state index in [1.807, 2.05) is 6.92 Å². The summed E-state index contributed by atoms with van der Waals surface area (Å²) in [4.78, 5) is 5.58. The fraction of sp³-hybridized carbons (Fsp3) is 0.417. The first kappa shape index (κ1) is 14.1. The number of hydrogen-bond acceptors (Lipinski definition) is 5. The van der Waals surface area contributed by atoms with Gasteiger partial charge in [-0.15, -0.1) is 11.3 Å². The van der Waals surface area contributed by atoms with Crippen LogP contribution in [0.25, 0.3) is 0 Å². The molecule has 2 unspecified atom stereocenters. The fourth-order valence-electron chi connectivity index (χ4n) is 1.55. The molecule has 18 heavy (non-hydrogen) atoms. The Bertz CT molecular complexity index is 512. The number of nitrogens with zero attached hydrogens (tertiary/aromatic N) is 1. The first-order valence-corrected chi connectivity index (χ1v) is 8.18. The Morgan fingerprint density at radius 2 is 2.33 bits per heavy atom. The summed E-state index contributed by atoms with van der Waals surface area (Å²) in [5, 5.41) is 0.871. The average molecular weight is 347 g/mol. The van der Waals surface area contributed by atoms with E-state index in [2.05, 4.69) is 40.0 Å². The van der Waals surface area contributed by atoms with Crippen LogP contribution in [-0.4, -0.2) is 11.0 Å². The van der Waals surface area contributed by atoms with Crippen molar-refractivity contribution in [3.8, 4) is 0 Å². The summed E-state index contributed by atoms with van der Waals surface area (Å²) < 4.78 is 6.53. The molecule has 2 heterocycles. The normalized spacial score (nSPS) is 14.7. The zero-order chi connectivity index (χ0) is 13.1.